The van der Waals surface area contributed by atoms with Gasteiger partial charge in [0.05, 0.1) is 5.75 Å². The van der Waals surface area contributed by atoms with E-state index >= 15 is 0 Å². The quantitative estimate of drug-likeness (QED) is 0.562. The van der Waals surface area contributed by atoms with Gasteiger partial charge in [0.2, 0.25) is 5.91 Å². The van der Waals surface area contributed by atoms with E-state index in [1.165, 1.54) is 17.3 Å². The smallest absolute Gasteiger partial charge is 0.257 e. The van der Waals surface area contributed by atoms with Crippen LogP contribution < -0.4 is 0 Å². The zero-order valence-electron chi connectivity index (χ0n) is 14.9. The highest BCUT2D eigenvalue weighted by Crippen LogP contribution is 2.27. The lowest BCUT2D eigenvalue weighted by Crippen LogP contribution is -2.39. The molecule has 4 rings (SSSR count). The van der Waals surface area contributed by atoms with E-state index in [-0.39, 0.29) is 5.91 Å². The van der Waals surface area contributed by atoms with Gasteiger partial charge < -0.3 is 9.32 Å². The van der Waals surface area contributed by atoms with Crippen LogP contribution in [0.15, 0.2) is 58.2 Å². The second kappa shape index (κ2) is 8.36. The number of hydrogen-bond donors (Lipinski definition) is 0. The summed E-state index contributed by atoms with van der Waals surface area (Å²) in [5.74, 6) is 1.16. The Morgan fingerprint density at radius 3 is 2.74 bits per heavy atom. The number of oxazole rings is 1. The molecule has 2 aromatic carbocycles. The predicted molar refractivity (Wildman–Crippen MR) is 109 cm³/mol. The minimum atomic E-state index is 0.151. The average Bonchev–Trinajstić information content (AvgIpc) is 3.09. The predicted octanol–water partition coefficient (Wildman–Crippen LogP) is 5.05. The lowest BCUT2D eigenvalue weighted by atomic mass is 9.90. The number of benzene rings is 2. The summed E-state index contributed by atoms with van der Waals surface area (Å²) >= 11 is 7.32. The van der Waals surface area contributed by atoms with Crippen molar-refractivity contribution in [3.05, 3.63) is 59.1 Å². The minimum Gasteiger partial charge on any atom is -0.431 e. The van der Waals surface area contributed by atoms with Crippen LogP contribution in [0, 0.1) is 5.92 Å². The van der Waals surface area contributed by atoms with Gasteiger partial charge in [0.25, 0.3) is 5.22 Å². The number of fused-ring (bicyclic) bond motifs is 1. The Balaban J connectivity index is 1.26. The fourth-order valence-corrected chi connectivity index (χ4v) is 4.40. The molecule has 3 aromatic rings. The average molecular weight is 401 g/mol. The number of carbonyl (C=O) groups is 1. The monoisotopic (exact) mass is 400 g/mol. The summed E-state index contributed by atoms with van der Waals surface area (Å²) < 4.78 is 5.67. The van der Waals surface area contributed by atoms with Crippen LogP contribution in [0.2, 0.25) is 5.02 Å². The fraction of sp³-hybridized carbons (Fsp3) is 0.333. The van der Waals surface area contributed by atoms with Crippen molar-refractivity contribution in [2.75, 3.05) is 18.8 Å². The molecule has 0 N–H and O–H groups in total. The van der Waals surface area contributed by atoms with Gasteiger partial charge in [-0.2, -0.15) is 0 Å². The molecular weight excluding hydrogens is 380 g/mol. The molecule has 2 heterocycles. The third kappa shape index (κ3) is 4.66. The van der Waals surface area contributed by atoms with Gasteiger partial charge >= 0.3 is 0 Å². The molecule has 1 aliphatic heterocycles. The van der Waals surface area contributed by atoms with Crippen LogP contribution in [0.5, 0.6) is 0 Å². The molecule has 0 bridgehead atoms. The summed E-state index contributed by atoms with van der Waals surface area (Å²) in [6.45, 7) is 1.67. The van der Waals surface area contributed by atoms with Crippen molar-refractivity contribution in [2.45, 2.75) is 24.5 Å². The first-order valence-corrected chi connectivity index (χ1v) is 10.5. The fourth-order valence-electron chi connectivity index (χ4n) is 3.49. The maximum atomic E-state index is 12.5. The highest BCUT2D eigenvalue weighted by atomic mass is 35.5. The van der Waals surface area contributed by atoms with Crippen LogP contribution in [0.3, 0.4) is 0 Å². The van der Waals surface area contributed by atoms with Crippen molar-refractivity contribution in [1.82, 2.24) is 9.88 Å². The van der Waals surface area contributed by atoms with E-state index in [9.17, 15) is 4.79 Å². The van der Waals surface area contributed by atoms with Gasteiger partial charge in [-0.25, -0.2) is 4.98 Å². The Hall–Kier alpha value is -1.98. The van der Waals surface area contributed by atoms with Gasteiger partial charge in [-0.3, -0.25) is 4.79 Å². The van der Waals surface area contributed by atoms with Crippen LogP contribution in [0.4, 0.5) is 0 Å². The van der Waals surface area contributed by atoms with Crippen LogP contribution in [0.1, 0.15) is 18.4 Å². The third-order valence-electron chi connectivity index (χ3n) is 4.98. The summed E-state index contributed by atoms with van der Waals surface area (Å²) in [5.41, 5.74) is 2.80. The van der Waals surface area contributed by atoms with Gasteiger partial charge in [0.15, 0.2) is 5.58 Å². The molecule has 1 fully saturated rings. The molecule has 4 nitrogen and oxygen atoms in total. The highest BCUT2D eigenvalue weighted by Gasteiger charge is 2.23. The molecule has 6 heteroatoms. The molecular formula is C21H21ClN2O2S. The van der Waals surface area contributed by atoms with E-state index in [0.29, 0.717) is 27.5 Å². The maximum Gasteiger partial charge on any atom is 0.257 e. The minimum absolute atomic E-state index is 0.151. The molecule has 0 unspecified atom stereocenters. The number of likely N-dealkylation sites (tertiary alicyclic amines) is 1. The van der Waals surface area contributed by atoms with Gasteiger partial charge in [-0.1, -0.05) is 53.7 Å². The third-order valence-corrected chi connectivity index (χ3v) is 6.03. The number of nitrogens with zero attached hydrogens (tertiary/aromatic N) is 2. The van der Waals surface area contributed by atoms with Gasteiger partial charge in [0, 0.05) is 18.1 Å². The standard InChI is InChI=1S/C21H21ClN2O2S/c22-17-6-7-19-18(13-17)23-21(26-19)27-14-20(25)24-10-8-16(9-11-24)12-15-4-2-1-3-5-15/h1-7,13,16H,8-12,14H2. The molecule has 0 aliphatic carbocycles. The molecule has 1 saturated heterocycles. The van der Waals surface area contributed by atoms with Gasteiger partial charge in [0.1, 0.15) is 5.52 Å². The van der Waals surface area contributed by atoms with E-state index in [0.717, 1.165) is 37.9 Å². The Morgan fingerprint density at radius 1 is 1.19 bits per heavy atom. The molecule has 27 heavy (non-hydrogen) atoms. The van der Waals surface area contributed by atoms with Gasteiger partial charge in [-0.15, -0.1) is 0 Å². The zero-order valence-corrected chi connectivity index (χ0v) is 16.5. The number of carbonyl (C=O) groups excluding carboxylic acids is 1. The number of halogens is 1. The zero-order chi connectivity index (χ0) is 18.6. The lowest BCUT2D eigenvalue weighted by Gasteiger charge is -2.32. The molecule has 1 aliphatic rings. The first-order chi connectivity index (χ1) is 13.2. The van der Waals surface area contributed by atoms with Crippen molar-refractivity contribution in [3.63, 3.8) is 0 Å². The lowest BCUT2D eigenvalue weighted by molar-refractivity contribution is -0.129. The molecule has 0 spiro atoms. The first kappa shape index (κ1) is 18.4. The second-order valence-corrected chi connectivity index (χ2v) is 8.26. The van der Waals surface area contributed by atoms with Crippen molar-refractivity contribution in [2.24, 2.45) is 5.92 Å². The maximum absolute atomic E-state index is 12.5. The molecule has 140 valence electrons. The number of aromatic nitrogens is 1. The van der Waals surface area contributed by atoms with Crippen molar-refractivity contribution < 1.29 is 9.21 Å². The number of thioether (sulfide) groups is 1. The number of amides is 1. The normalized spacial score (nSPS) is 15.4. The highest BCUT2D eigenvalue weighted by molar-refractivity contribution is 7.99. The summed E-state index contributed by atoms with van der Waals surface area (Å²) in [6.07, 6.45) is 3.22. The summed E-state index contributed by atoms with van der Waals surface area (Å²) in [6, 6.07) is 15.9. The van der Waals surface area contributed by atoms with E-state index in [4.69, 9.17) is 16.0 Å². The van der Waals surface area contributed by atoms with E-state index in [2.05, 4.69) is 29.2 Å². The number of piperidine rings is 1. The van der Waals surface area contributed by atoms with Crippen LogP contribution in [-0.4, -0.2) is 34.6 Å². The Morgan fingerprint density at radius 2 is 1.96 bits per heavy atom. The Bertz CT molecular complexity index is 920. The summed E-state index contributed by atoms with van der Waals surface area (Å²) in [7, 11) is 0. The molecule has 1 aromatic heterocycles. The SMILES string of the molecule is O=C(CSc1nc2cc(Cl)ccc2o1)N1CCC(Cc2ccccc2)CC1. The molecule has 0 radical (unpaired) electrons. The largest absolute Gasteiger partial charge is 0.431 e. The van der Waals surface area contributed by atoms with Crippen molar-refractivity contribution >= 4 is 40.4 Å². The van der Waals surface area contributed by atoms with Crippen LogP contribution >= 0.6 is 23.4 Å². The number of rotatable bonds is 5. The number of hydrogen-bond acceptors (Lipinski definition) is 4. The van der Waals surface area contributed by atoms with Gasteiger partial charge in [-0.05, 0) is 48.9 Å². The summed E-state index contributed by atoms with van der Waals surface area (Å²) in [4.78, 5) is 18.9. The second-order valence-electron chi connectivity index (χ2n) is 6.89. The summed E-state index contributed by atoms with van der Waals surface area (Å²) in [5, 5.41) is 1.14. The topological polar surface area (TPSA) is 46.3 Å². The van der Waals surface area contributed by atoms with E-state index < -0.39 is 0 Å². The van der Waals surface area contributed by atoms with E-state index in [1.54, 1.807) is 18.2 Å². The Kier molecular flexibility index (Phi) is 5.69. The first-order valence-electron chi connectivity index (χ1n) is 9.18. The van der Waals surface area contributed by atoms with E-state index in [1.807, 2.05) is 11.0 Å². The molecule has 1 amide bonds. The molecule has 0 atom stereocenters. The molecule has 0 saturated carbocycles. The van der Waals surface area contributed by atoms with Crippen LogP contribution in [0.25, 0.3) is 11.1 Å². The van der Waals surface area contributed by atoms with Crippen LogP contribution in [-0.2, 0) is 11.2 Å². The van der Waals surface area contributed by atoms with Crippen molar-refractivity contribution in [1.29, 1.82) is 0 Å². The van der Waals surface area contributed by atoms with Crippen molar-refractivity contribution in [3.8, 4) is 0 Å². The Labute approximate surface area is 167 Å².